The molecule has 1 unspecified atom stereocenters. The lowest BCUT2D eigenvalue weighted by molar-refractivity contribution is -0.137. The lowest BCUT2D eigenvalue weighted by Crippen LogP contribution is -2.39. The van der Waals surface area contributed by atoms with Gasteiger partial charge >= 0.3 is 5.97 Å². The van der Waals surface area contributed by atoms with Gasteiger partial charge in [0.15, 0.2) is 0 Å². The minimum Gasteiger partial charge on any atom is -0.488 e. The summed E-state index contributed by atoms with van der Waals surface area (Å²) in [6.45, 7) is 11.1. The predicted molar refractivity (Wildman–Crippen MR) is 125 cm³/mol. The zero-order valence-corrected chi connectivity index (χ0v) is 19.1. The molecule has 0 aromatic heterocycles. The van der Waals surface area contributed by atoms with Gasteiger partial charge in [0.1, 0.15) is 11.9 Å². The smallest absolute Gasteiger partial charge is 0.330 e. The average molecular weight is 417 g/mol. The average Bonchev–Trinajstić information content (AvgIpc) is 3.32. The fraction of sp³-hybridized carbons (Fsp3) is 0.393. The summed E-state index contributed by atoms with van der Waals surface area (Å²) in [6.07, 6.45) is 7.00. The van der Waals surface area contributed by atoms with Gasteiger partial charge in [0.25, 0.3) is 0 Å². The van der Waals surface area contributed by atoms with Crippen molar-refractivity contribution in [1.82, 2.24) is 0 Å². The Morgan fingerprint density at radius 1 is 1.13 bits per heavy atom. The van der Waals surface area contributed by atoms with Crippen molar-refractivity contribution in [3.63, 3.8) is 0 Å². The highest BCUT2D eigenvalue weighted by Gasteiger charge is 2.62. The summed E-state index contributed by atoms with van der Waals surface area (Å²) in [6, 6.07) is 17.0. The summed E-state index contributed by atoms with van der Waals surface area (Å²) in [4.78, 5) is 11.7. The second kappa shape index (κ2) is 8.03. The Balaban J connectivity index is 1.56. The number of rotatable bonds is 6. The molecule has 1 aliphatic heterocycles. The number of para-hydroxylation sites is 1. The van der Waals surface area contributed by atoms with Crippen molar-refractivity contribution >= 4 is 5.97 Å². The van der Waals surface area contributed by atoms with Gasteiger partial charge in [0, 0.05) is 28.0 Å². The van der Waals surface area contributed by atoms with Gasteiger partial charge in [-0.05, 0) is 37.3 Å². The zero-order valence-electron chi connectivity index (χ0n) is 19.1. The van der Waals surface area contributed by atoms with E-state index in [0.29, 0.717) is 12.5 Å². The number of fused-ring (bicyclic) bond motifs is 1. The summed E-state index contributed by atoms with van der Waals surface area (Å²) in [5.41, 5.74) is 4.54. The van der Waals surface area contributed by atoms with E-state index in [1.165, 1.54) is 16.7 Å². The van der Waals surface area contributed by atoms with Crippen molar-refractivity contribution in [3.05, 3.63) is 77.9 Å². The predicted octanol–water partition coefficient (Wildman–Crippen LogP) is 6.48. The van der Waals surface area contributed by atoms with Crippen LogP contribution in [-0.4, -0.2) is 18.7 Å². The number of benzene rings is 2. The SMILES string of the molecule is CCOC(=O)C=C(C)C=C[C@@H]1C[C@]1(C)C1Oc2c(-c3ccccc3)cccc2C1(C)C. The third-order valence-electron chi connectivity index (χ3n) is 6.85. The standard InChI is InChI=1S/C28H32O3/c1-6-30-24(29)17-19(2)15-16-21-18-28(21,5)26-27(3,4)23-14-10-13-22(25(23)31-26)20-11-8-7-9-12-20/h7-17,21,26H,6,18H2,1-5H3/t21-,26?,28+/m1/s1. The van der Waals surface area contributed by atoms with E-state index in [4.69, 9.17) is 9.47 Å². The lowest BCUT2D eigenvalue weighted by Gasteiger charge is -2.31. The highest BCUT2D eigenvalue weighted by Crippen LogP contribution is 2.64. The first-order valence-corrected chi connectivity index (χ1v) is 11.2. The van der Waals surface area contributed by atoms with Gasteiger partial charge in [-0.3, -0.25) is 0 Å². The maximum atomic E-state index is 11.7. The van der Waals surface area contributed by atoms with Crippen LogP contribution in [0, 0.1) is 11.3 Å². The Kier molecular flexibility index (Phi) is 5.55. The molecule has 0 radical (unpaired) electrons. The molecule has 1 aliphatic carbocycles. The van der Waals surface area contributed by atoms with Crippen LogP contribution in [0.3, 0.4) is 0 Å². The molecule has 0 N–H and O–H groups in total. The minimum absolute atomic E-state index is 0.0667. The highest BCUT2D eigenvalue weighted by atomic mass is 16.5. The second-order valence-corrected chi connectivity index (χ2v) is 9.58. The van der Waals surface area contributed by atoms with Crippen molar-refractivity contribution in [3.8, 4) is 16.9 Å². The van der Waals surface area contributed by atoms with Crippen LogP contribution in [0.25, 0.3) is 11.1 Å². The van der Waals surface area contributed by atoms with Crippen LogP contribution in [0.2, 0.25) is 0 Å². The molecule has 31 heavy (non-hydrogen) atoms. The molecule has 3 nitrogen and oxygen atoms in total. The first-order chi connectivity index (χ1) is 14.8. The number of carbonyl (C=O) groups is 1. The van der Waals surface area contributed by atoms with Crippen molar-refractivity contribution < 1.29 is 14.3 Å². The summed E-state index contributed by atoms with van der Waals surface area (Å²) in [5, 5.41) is 0. The Morgan fingerprint density at radius 2 is 1.87 bits per heavy atom. The van der Waals surface area contributed by atoms with E-state index in [0.717, 1.165) is 17.7 Å². The molecular formula is C28H32O3. The fourth-order valence-corrected chi connectivity index (χ4v) is 5.07. The Bertz CT molecular complexity index is 1030. The number of hydrogen-bond acceptors (Lipinski definition) is 3. The Hall–Kier alpha value is -2.81. The van der Waals surface area contributed by atoms with Gasteiger partial charge in [-0.1, -0.05) is 81.5 Å². The molecule has 2 aliphatic rings. The van der Waals surface area contributed by atoms with Crippen LogP contribution in [0.5, 0.6) is 5.75 Å². The van der Waals surface area contributed by atoms with E-state index in [1.807, 2.05) is 26.0 Å². The number of hydrogen-bond donors (Lipinski definition) is 0. The van der Waals surface area contributed by atoms with Crippen molar-refractivity contribution in [2.75, 3.05) is 6.61 Å². The summed E-state index contributed by atoms with van der Waals surface area (Å²) < 4.78 is 11.7. The number of carbonyl (C=O) groups excluding carboxylic acids is 1. The van der Waals surface area contributed by atoms with Crippen LogP contribution in [-0.2, 0) is 14.9 Å². The molecule has 2 aromatic carbocycles. The molecule has 1 saturated carbocycles. The van der Waals surface area contributed by atoms with Crippen molar-refractivity contribution in [2.24, 2.45) is 11.3 Å². The van der Waals surface area contributed by atoms with Crippen molar-refractivity contribution in [1.29, 1.82) is 0 Å². The number of allylic oxidation sites excluding steroid dienone is 3. The topological polar surface area (TPSA) is 35.5 Å². The van der Waals surface area contributed by atoms with Crippen LogP contribution in [0.1, 0.15) is 46.6 Å². The highest BCUT2D eigenvalue weighted by molar-refractivity contribution is 5.83. The van der Waals surface area contributed by atoms with E-state index in [9.17, 15) is 4.79 Å². The molecule has 0 amide bonds. The Morgan fingerprint density at radius 3 is 2.58 bits per heavy atom. The van der Waals surface area contributed by atoms with Crippen LogP contribution in [0.15, 0.2) is 72.3 Å². The summed E-state index contributed by atoms with van der Waals surface area (Å²) >= 11 is 0. The molecular weight excluding hydrogens is 384 g/mol. The molecule has 162 valence electrons. The Labute approximate surface area is 185 Å². The molecule has 3 atom stereocenters. The first-order valence-electron chi connectivity index (χ1n) is 11.2. The quantitative estimate of drug-likeness (QED) is 0.307. The fourth-order valence-electron chi connectivity index (χ4n) is 5.07. The minimum atomic E-state index is -0.285. The lowest BCUT2D eigenvalue weighted by atomic mass is 9.74. The van der Waals surface area contributed by atoms with E-state index in [2.05, 4.69) is 69.3 Å². The first kappa shape index (κ1) is 21.4. The van der Waals surface area contributed by atoms with Crippen LogP contribution < -0.4 is 4.74 Å². The van der Waals surface area contributed by atoms with Gasteiger partial charge < -0.3 is 9.47 Å². The van der Waals surface area contributed by atoms with Gasteiger partial charge in [0.2, 0.25) is 0 Å². The molecule has 4 rings (SSSR count). The third-order valence-corrected chi connectivity index (χ3v) is 6.85. The zero-order chi connectivity index (χ0) is 22.2. The van der Waals surface area contributed by atoms with Gasteiger partial charge in [-0.2, -0.15) is 0 Å². The molecule has 0 saturated heterocycles. The molecule has 3 heteroatoms. The largest absolute Gasteiger partial charge is 0.488 e. The number of ether oxygens (including phenoxy) is 2. The number of esters is 1. The van der Waals surface area contributed by atoms with E-state index in [1.54, 1.807) is 6.08 Å². The molecule has 1 fully saturated rings. The molecule has 0 spiro atoms. The second-order valence-electron chi connectivity index (χ2n) is 9.58. The van der Waals surface area contributed by atoms with Gasteiger partial charge in [0.05, 0.1) is 6.61 Å². The van der Waals surface area contributed by atoms with Crippen LogP contribution >= 0.6 is 0 Å². The van der Waals surface area contributed by atoms with E-state index < -0.39 is 0 Å². The van der Waals surface area contributed by atoms with E-state index >= 15 is 0 Å². The van der Waals surface area contributed by atoms with Crippen molar-refractivity contribution in [2.45, 2.75) is 52.6 Å². The maximum absolute atomic E-state index is 11.7. The molecule has 1 heterocycles. The summed E-state index contributed by atoms with van der Waals surface area (Å²) in [7, 11) is 0. The summed E-state index contributed by atoms with van der Waals surface area (Å²) in [5.74, 6) is 1.17. The molecule has 2 aromatic rings. The maximum Gasteiger partial charge on any atom is 0.330 e. The normalized spacial score (nSPS) is 26.4. The third kappa shape index (κ3) is 3.94. The monoisotopic (exact) mass is 416 g/mol. The van der Waals surface area contributed by atoms with Gasteiger partial charge in [-0.25, -0.2) is 4.79 Å². The van der Waals surface area contributed by atoms with E-state index in [-0.39, 0.29) is 22.9 Å². The molecule has 0 bridgehead atoms. The van der Waals surface area contributed by atoms with Crippen LogP contribution in [0.4, 0.5) is 0 Å². The van der Waals surface area contributed by atoms with Gasteiger partial charge in [-0.15, -0.1) is 0 Å².